The summed E-state index contributed by atoms with van der Waals surface area (Å²) in [5, 5.41) is 5.34. The van der Waals surface area contributed by atoms with Gasteiger partial charge in [0.25, 0.3) is 11.8 Å². The molecule has 0 saturated carbocycles. The van der Waals surface area contributed by atoms with Gasteiger partial charge in [-0.25, -0.2) is 23.7 Å². The number of hydrogen-bond donors (Lipinski definition) is 4. The lowest BCUT2D eigenvalue weighted by molar-refractivity contribution is -0.136. The van der Waals surface area contributed by atoms with Crippen LogP contribution in [-0.2, 0) is 21.7 Å². The van der Waals surface area contributed by atoms with Gasteiger partial charge in [0.2, 0.25) is 11.8 Å². The molecule has 0 spiro atoms. The molecule has 2 atom stereocenters. The minimum Gasteiger partial charge on any atom is -0.488 e. The Bertz CT molecular complexity index is 2760. The predicted octanol–water partition coefficient (Wildman–Crippen LogP) is 4.32. The van der Waals surface area contributed by atoms with Crippen LogP contribution in [0.1, 0.15) is 70.5 Å². The molecule has 17 nitrogen and oxygen atoms in total. The van der Waals surface area contributed by atoms with Crippen LogP contribution >= 0.6 is 0 Å². The fourth-order valence-corrected chi connectivity index (χ4v) is 8.55. The first-order chi connectivity index (χ1) is 30.5. The first-order valence-electron chi connectivity index (χ1n) is 20.6. The highest BCUT2D eigenvalue weighted by atomic mass is 19.1. The minimum atomic E-state index is -1.08. The summed E-state index contributed by atoms with van der Waals surface area (Å²) in [6.45, 7) is 1.77. The number of fused-ring (bicyclic) bond motifs is 2. The zero-order valence-corrected chi connectivity index (χ0v) is 33.9. The zero-order chi connectivity index (χ0) is 43.8. The van der Waals surface area contributed by atoms with Gasteiger partial charge in [0.15, 0.2) is 28.8 Å². The quantitative estimate of drug-likeness (QED) is 0.0937. The molecule has 63 heavy (non-hydrogen) atoms. The number of aromatic nitrogens is 6. The Balaban J connectivity index is 0.878. The molecule has 2 aromatic carbocycles. The number of unbranched alkanes of at least 4 members (excludes halogenated alkanes) is 1. The molecular weight excluding hydrogens is 815 g/mol. The summed E-state index contributed by atoms with van der Waals surface area (Å²) in [7, 11) is 0. The first-order valence-corrected chi connectivity index (χ1v) is 20.6. The van der Waals surface area contributed by atoms with E-state index in [0.29, 0.717) is 55.0 Å². The number of nitrogens with one attached hydrogen (secondary N) is 2. The van der Waals surface area contributed by atoms with Gasteiger partial charge in [-0.3, -0.25) is 39.4 Å². The van der Waals surface area contributed by atoms with E-state index in [9.17, 15) is 19.2 Å². The van der Waals surface area contributed by atoms with E-state index in [1.54, 1.807) is 36.9 Å². The lowest BCUT2D eigenvalue weighted by Crippen LogP contribution is -2.54. The van der Waals surface area contributed by atoms with Gasteiger partial charge >= 0.3 is 0 Å². The van der Waals surface area contributed by atoms with Gasteiger partial charge in [0.1, 0.15) is 17.9 Å². The van der Waals surface area contributed by atoms with E-state index in [4.69, 9.17) is 16.2 Å². The number of piperidine rings is 2. The van der Waals surface area contributed by atoms with Crippen molar-refractivity contribution in [3.8, 4) is 17.0 Å². The topological polar surface area (TPSA) is 229 Å². The summed E-state index contributed by atoms with van der Waals surface area (Å²) >= 11 is 0. The highest BCUT2D eigenvalue weighted by Gasteiger charge is 2.45. The number of nitrogen functional groups attached to an aromatic ring is 1. The monoisotopic (exact) mass is 856 g/mol. The average Bonchev–Trinajstić information content (AvgIpc) is 3.80. The summed E-state index contributed by atoms with van der Waals surface area (Å²) in [5.74, 6) is -4.44. The smallest absolute Gasteiger partial charge is 0.264 e. The summed E-state index contributed by atoms with van der Waals surface area (Å²) in [4.78, 5) is 75.8. The summed E-state index contributed by atoms with van der Waals surface area (Å²) < 4.78 is 38.7. The van der Waals surface area contributed by atoms with Gasteiger partial charge in [-0.1, -0.05) is 12.1 Å². The Morgan fingerprint density at radius 3 is 2.59 bits per heavy atom. The Labute approximate surface area is 358 Å². The second-order valence-corrected chi connectivity index (χ2v) is 15.8. The zero-order valence-electron chi connectivity index (χ0n) is 33.9. The number of halogens is 2. The van der Waals surface area contributed by atoms with Crippen LogP contribution in [0.15, 0.2) is 79.6 Å². The van der Waals surface area contributed by atoms with Crippen molar-refractivity contribution >= 4 is 52.0 Å². The van der Waals surface area contributed by atoms with Crippen LogP contribution in [0.5, 0.6) is 5.75 Å². The molecule has 7 heterocycles. The van der Waals surface area contributed by atoms with Gasteiger partial charge in [0.05, 0.1) is 59.4 Å². The van der Waals surface area contributed by atoms with E-state index in [1.807, 2.05) is 22.8 Å². The highest BCUT2D eigenvalue weighted by molar-refractivity contribution is 6.25. The third-order valence-corrected chi connectivity index (χ3v) is 11.7. The van der Waals surface area contributed by atoms with E-state index in [-0.39, 0.29) is 48.5 Å². The minimum absolute atomic E-state index is 0.0104. The van der Waals surface area contributed by atoms with E-state index < -0.39 is 52.6 Å². The molecule has 19 heteroatoms. The number of imidazole rings is 1. The molecular formula is C44H42F2N12O5. The van der Waals surface area contributed by atoms with E-state index in [0.717, 1.165) is 34.7 Å². The lowest BCUT2D eigenvalue weighted by atomic mass is 9.86. The second kappa shape index (κ2) is 16.8. The van der Waals surface area contributed by atoms with Crippen molar-refractivity contribution in [1.82, 2.24) is 39.7 Å². The molecule has 4 amide bonds. The van der Waals surface area contributed by atoms with Crippen molar-refractivity contribution in [2.24, 2.45) is 5.73 Å². The molecule has 2 saturated heterocycles. The number of benzene rings is 2. The first kappa shape index (κ1) is 41.0. The molecule has 9 rings (SSSR count). The average molecular weight is 857 g/mol. The fourth-order valence-electron chi connectivity index (χ4n) is 8.55. The Hall–Kier alpha value is -7.41. The van der Waals surface area contributed by atoms with Gasteiger partial charge in [-0.05, 0) is 80.1 Å². The number of ether oxygens (including phenoxy) is 1. The van der Waals surface area contributed by atoms with Crippen LogP contribution in [0.25, 0.3) is 22.4 Å². The van der Waals surface area contributed by atoms with Crippen molar-refractivity contribution < 1.29 is 32.7 Å². The van der Waals surface area contributed by atoms with Gasteiger partial charge in [-0.15, -0.1) is 0 Å². The summed E-state index contributed by atoms with van der Waals surface area (Å²) in [6.07, 6.45) is 8.89. The molecule has 0 bridgehead atoms. The van der Waals surface area contributed by atoms with Crippen molar-refractivity contribution in [2.45, 2.75) is 56.7 Å². The molecule has 0 radical (unpaired) electrons. The van der Waals surface area contributed by atoms with Crippen LogP contribution in [0, 0.1) is 11.6 Å². The number of amides is 4. The summed E-state index contributed by atoms with van der Waals surface area (Å²) in [5.41, 5.74) is 16.9. The number of carbonyl (C=O) groups is 4. The van der Waals surface area contributed by atoms with Gasteiger partial charge in [0, 0.05) is 43.5 Å². The number of nitrogens with zero attached hydrogens (tertiary/aromatic N) is 8. The standard InChI is InChI=1S/C44H42F2N12O5/c45-28-17-25(18-29(46)38(28)63-16-4-3-13-49-30-8-5-7-27-36(30)43(62)58(42(27)61)32-10-11-35(59)55-41(32)60)31-19-26(21-57-24-54-37-39(47)52-23-53-40(37)57)33(20-51-31)56-15-6-12-44(48,22-56)34-9-1-2-14-50-34/h1-2,5,7-9,14,17-20,23-24,32,49H,3-4,6,10-13,15-16,21-22,48H2,(H2,47,52,53)(H,55,59,60)/t32?,44-/m1/s1. The Kier molecular flexibility index (Phi) is 10.9. The molecule has 3 aliphatic rings. The third kappa shape index (κ3) is 7.86. The van der Waals surface area contributed by atoms with Crippen LogP contribution in [-0.4, -0.2) is 90.3 Å². The SMILES string of the molecule is Nc1ncnc2c1ncn2Cc1cc(-c2cc(F)c(OCCCCNc3cccc4c3C(=O)N(C3CCC(=O)NC3=O)C4=O)c(F)c2)ncc1N1CCC[C@](N)(c2ccccn2)C1. The maximum atomic E-state index is 15.7. The third-order valence-electron chi connectivity index (χ3n) is 11.7. The van der Waals surface area contributed by atoms with Crippen molar-refractivity contribution in [2.75, 3.05) is 42.2 Å². The van der Waals surface area contributed by atoms with Crippen LogP contribution < -0.4 is 31.7 Å². The fraction of sp³-hybridized carbons (Fsp3) is 0.295. The lowest BCUT2D eigenvalue weighted by Gasteiger charge is -2.41. The van der Waals surface area contributed by atoms with Crippen LogP contribution in [0.4, 0.5) is 26.0 Å². The molecule has 322 valence electrons. The molecule has 6 N–H and O–H groups in total. The van der Waals surface area contributed by atoms with Gasteiger partial charge < -0.3 is 31.0 Å². The maximum Gasteiger partial charge on any atom is 0.264 e. The van der Waals surface area contributed by atoms with Crippen molar-refractivity contribution in [3.05, 3.63) is 114 Å². The summed E-state index contributed by atoms with van der Waals surface area (Å²) in [6, 6.07) is 13.6. The second-order valence-electron chi connectivity index (χ2n) is 15.8. The number of imide groups is 2. The van der Waals surface area contributed by atoms with E-state index in [1.165, 1.54) is 24.5 Å². The number of anilines is 3. The molecule has 4 aromatic heterocycles. The Morgan fingerprint density at radius 1 is 0.952 bits per heavy atom. The van der Waals surface area contributed by atoms with E-state index in [2.05, 4.69) is 40.5 Å². The van der Waals surface area contributed by atoms with Crippen LogP contribution in [0.2, 0.25) is 0 Å². The molecule has 2 fully saturated rings. The van der Waals surface area contributed by atoms with E-state index >= 15 is 8.78 Å². The highest BCUT2D eigenvalue weighted by Crippen LogP contribution is 2.36. The molecule has 0 aliphatic carbocycles. The predicted molar refractivity (Wildman–Crippen MR) is 226 cm³/mol. The number of nitrogens with two attached hydrogens (primary N) is 2. The molecule has 3 aliphatic heterocycles. The maximum absolute atomic E-state index is 15.7. The van der Waals surface area contributed by atoms with Gasteiger partial charge in [-0.2, -0.15) is 0 Å². The number of rotatable bonds is 13. The number of pyridine rings is 2. The number of carbonyl (C=O) groups excluding carboxylic acids is 4. The largest absolute Gasteiger partial charge is 0.488 e. The van der Waals surface area contributed by atoms with Crippen molar-refractivity contribution in [3.63, 3.8) is 0 Å². The normalized spacial score (nSPS) is 18.8. The van der Waals surface area contributed by atoms with Crippen LogP contribution in [0.3, 0.4) is 0 Å². The number of hydrogen-bond acceptors (Lipinski definition) is 14. The molecule has 1 unspecified atom stereocenters. The molecule has 6 aromatic rings. The van der Waals surface area contributed by atoms with Crippen molar-refractivity contribution in [1.29, 1.82) is 0 Å². The Morgan fingerprint density at radius 2 is 1.79 bits per heavy atom.